The standard InChI is InChI=1S/C13H15IN2O2/c1-17-7-6-15-8-10-9-18-13(16-10)11-4-2-3-5-12(11)14/h2-5,9,15H,6-8H2,1H3. The van der Waals surface area contributed by atoms with Crippen molar-refractivity contribution < 1.29 is 9.15 Å². The van der Waals surface area contributed by atoms with Gasteiger partial charge in [-0.25, -0.2) is 4.98 Å². The van der Waals surface area contributed by atoms with Crippen LogP contribution in [0.25, 0.3) is 11.5 Å². The molecule has 0 atom stereocenters. The second-order valence-corrected chi connectivity index (χ2v) is 4.96. The van der Waals surface area contributed by atoms with Crippen molar-refractivity contribution in [1.82, 2.24) is 10.3 Å². The first-order valence-corrected chi connectivity index (χ1v) is 6.78. The van der Waals surface area contributed by atoms with Crippen molar-refractivity contribution in [2.75, 3.05) is 20.3 Å². The number of oxazole rings is 1. The summed E-state index contributed by atoms with van der Waals surface area (Å²) in [5.74, 6) is 0.670. The first kappa shape index (κ1) is 13.5. The molecule has 0 aliphatic rings. The molecule has 1 heterocycles. The summed E-state index contributed by atoms with van der Waals surface area (Å²) >= 11 is 2.28. The Morgan fingerprint density at radius 2 is 2.22 bits per heavy atom. The molecule has 0 aliphatic heterocycles. The van der Waals surface area contributed by atoms with Crippen molar-refractivity contribution in [2.45, 2.75) is 6.54 Å². The van der Waals surface area contributed by atoms with Crippen LogP contribution in [0.3, 0.4) is 0 Å². The van der Waals surface area contributed by atoms with Crippen molar-refractivity contribution in [3.8, 4) is 11.5 Å². The van der Waals surface area contributed by atoms with Crippen LogP contribution < -0.4 is 5.32 Å². The third kappa shape index (κ3) is 3.54. The lowest BCUT2D eigenvalue weighted by molar-refractivity contribution is 0.199. The average Bonchev–Trinajstić information content (AvgIpc) is 2.84. The van der Waals surface area contributed by atoms with E-state index in [0.717, 1.165) is 21.4 Å². The van der Waals surface area contributed by atoms with E-state index in [9.17, 15) is 0 Å². The van der Waals surface area contributed by atoms with Gasteiger partial charge < -0.3 is 14.5 Å². The second-order valence-electron chi connectivity index (χ2n) is 3.79. The molecule has 2 aromatic rings. The van der Waals surface area contributed by atoms with Gasteiger partial charge >= 0.3 is 0 Å². The van der Waals surface area contributed by atoms with E-state index < -0.39 is 0 Å². The van der Waals surface area contributed by atoms with Gasteiger partial charge in [-0.3, -0.25) is 0 Å². The second kappa shape index (κ2) is 6.86. The average molecular weight is 358 g/mol. The Kier molecular flexibility index (Phi) is 5.15. The van der Waals surface area contributed by atoms with Crippen LogP contribution in [0, 0.1) is 3.57 Å². The zero-order valence-corrected chi connectivity index (χ0v) is 12.3. The number of aromatic nitrogens is 1. The van der Waals surface area contributed by atoms with E-state index in [2.05, 4.69) is 32.9 Å². The highest BCUT2D eigenvalue weighted by molar-refractivity contribution is 14.1. The fraction of sp³-hybridized carbons (Fsp3) is 0.308. The Morgan fingerprint density at radius 3 is 3.00 bits per heavy atom. The fourth-order valence-corrected chi connectivity index (χ4v) is 2.16. The molecule has 0 spiro atoms. The van der Waals surface area contributed by atoms with Crippen molar-refractivity contribution in [3.05, 3.63) is 39.8 Å². The molecule has 5 heteroatoms. The quantitative estimate of drug-likeness (QED) is 0.637. The molecule has 2 rings (SSSR count). The summed E-state index contributed by atoms with van der Waals surface area (Å²) in [7, 11) is 1.69. The summed E-state index contributed by atoms with van der Waals surface area (Å²) in [5.41, 5.74) is 1.93. The number of ether oxygens (including phenoxy) is 1. The summed E-state index contributed by atoms with van der Waals surface area (Å²) in [6, 6.07) is 8.03. The first-order valence-electron chi connectivity index (χ1n) is 5.70. The Balaban J connectivity index is 2.00. The smallest absolute Gasteiger partial charge is 0.227 e. The van der Waals surface area contributed by atoms with Crippen LogP contribution in [0.5, 0.6) is 0 Å². The van der Waals surface area contributed by atoms with Crippen LogP contribution in [0.2, 0.25) is 0 Å². The Labute approximate surface area is 120 Å². The summed E-state index contributed by atoms with van der Waals surface area (Å²) < 4.78 is 11.6. The lowest BCUT2D eigenvalue weighted by Crippen LogP contribution is -2.18. The van der Waals surface area contributed by atoms with Gasteiger partial charge in [-0.2, -0.15) is 0 Å². The van der Waals surface area contributed by atoms with Crippen molar-refractivity contribution in [3.63, 3.8) is 0 Å². The van der Waals surface area contributed by atoms with Crippen LogP contribution in [-0.4, -0.2) is 25.2 Å². The Morgan fingerprint density at radius 1 is 1.39 bits per heavy atom. The normalized spacial score (nSPS) is 10.8. The molecule has 18 heavy (non-hydrogen) atoms. The zero-order valence-electron chi connectivity index (χ0n) is 10.1. The number of benzene rings is 1. The van der Waals surface area contributed by atoms with Crippen LogP contribution in [0.1, 0.15) is 5.69 Å². The van der Waals surface area contributed by atoms with Gasteiger partial charge in [-0.15, -0.1) is 0 Å². The van der Waals surface area contributed by atoms with Crippen molar-refractivity contribution >= 4 is 22.6 Å². The summed E-state index contributed by atoms with van der Waals surface area (Å²) in [5, 5.41) is 3.23. The molecule has 1 aromatic heterocycles. The van der Waals surface area contributed by atoms with Gasteiger partial charge in [0, 0.05) is 23.8 Å². The molecule has 1 N–H and O–H groups in total. The minimum atomic E-state index is 0.670. The van der Waals surface area contributed by atoms with Gasteiger partial charge in [-0.05, 0) is 34.7 Å². The number of nitrogens with zero attached hydrogens (tertiary/aromatic N) is 1. The molecule has 0 bridgehead atoms. The van der Waals surface area contributed by atoms with Gasteiger partial charge in [0.1, 0.15) is 6.26 Å². The zero-order chi connectivity index (χ0) is 12.8. The number of halogens is 1. The molecule has 0 saturated heterocycles. The highest BCUT2D eigenvalue weighted by Gasteiger charge is 2.08. The van der Waals surface area contributed by atoms with E-state index in [-0.39, 0.29) is 0 Å². The number of hydrogen-bond donors (Lipinski definition) is 1. The third-order valence-electron chi connectivity index (χ3n) is 2.45. The van der Waals surface area contributed by atoms with Crippen LogP contribution in [0.15, 0.2) is 34.9 Å². The third-order valence-corrected chi connectivity index (χ3v) is 3.39. The predicted octanol–water partition coefficient (Wildman–Crippen LogP) is 2.68. The lowest BCUT2D eigenvalue weighted by Gasteiger charge is -2.00. The summed E-state index contributed by atoms with van der Waals surface area (Å²) in [4.78, 5) is 4.46. The number of nitrogens with one attached hydrogen (secondary N) is 1. The van der Waals surface area contributed by atoms with E-state index in [1.54, 1.807) is 13.4 Å². The van der Waals surface area contributed by atoms with Gasteiger partial charge in [0.2, 0.25) is 5.89 Å². The lowest BCUT2D eigenvalue weighted by atomic mass is 10.2. The van der Waals surface area contributed by atoms with Gasteiger partial charge in [0.25, 0.3) is 0 Å². The molecule has 0 fully saturated rings. The van der Waals surface area contributed by atoms with E-state index in [1.165, 1.54) is 0 Å². The first-order chi connectivity index (χ1) is 8.81. The molecule has 0 radical (unpaired) electrons. The molecule has 0 saturated carbocycles. The predicted molar refractivity (Wildman–Crippen MR) is 78.2 cm³/mol. The van der Waals surface area contributed by atoms with Crippen LogP contribution >= 0.6 is 22.6 Å². The SMILES string of the molecule is COCCNCc1coc(-c2ccccc2I)n1. The summed E-state index contributed by atoms with van der Waals surface area (Å²) in [6.07, 6.45) is 1.69. The maximum absolute atomic E-state index is 5.50. The molecular weight excluding hydrogens is 343 g/mol. The molecule has 1 aromatic carbocycles. The monoisotopic (exact) mass is 358 g/mol. The minimum absolute atomic E-state index is 0.670. The van der Waals surface area contributed by atoms with E-state index >= 15 is 0 Å². The number of rotatable bonds is 6. The molecule has 4 nitrogen and oxygen atoms in total. The van der Waals surface area contributed by atoms with Crippen LogP contribution in [-0.2, 0) is 11.3 Å². The fourth-order valence-electron chi connectivity index (χ4n) is 1.54. The van der Waals surface area contributed by atoms with E-state index in [0.29, 0.717) is 19.0 Å². The van der Waals surface area contributed by atoms with E-state index in [4.69, 9.17) is 9.15 Å². The van der Waals surface area contributed by atoms with Crippen molar-refractivity contribution in [1.29, 1.82) is 0 Å². The maximum Gasteiger partial charge on any atom is 0.227 e. The molecule has 0 aliphatic carbocycles. The Bertz CT molecular complexity index is 499. The van der Waals surface area contributed by atoms with Gasteiger partial charge in [0.05, 0.1) is 17.9 Å². The number of hydrogen-bond acceptors (Lipinski definition) is 4. The van der Waals surface area contributed by atoms with E-state index in [1.807, 2.05) is 24.3 Å². The highest BCUT2D eigenvalue weighted by Crippen LogP contribution is 2.24. The van der Waals surface area contributed by atoms with Crippen molar-refractivity contribution in [2.24, 2.45) is 0 Å². The Hall–Kier alpha value is -0.920. The molecular formula is C13H15IN2O2. The maximum atomic E-state index is 5.50. The molecule has 0 unspecified atom stereocenters. The van der Waals surface area contributed by atoms with Gasteiger partial charge in [0.15, 0.2) is 0 Å². The summed E-state index contributed by atoms with van der Waals surface area (Å²) in [6.45, 7) is 2.19. The highest BCUT2D eigenvalue weighted by atomic mass is 127. The largest absolute Gasteiger partial charge is 0.444 e. The van der Waals surface area contributed by atoms with Gasteiger partial charge in [-0.1, -0.05) is 12.1 Å². The molecule has 96 valence electrons. The number of methoxy groups -OCH3 is 1. The molecule has 0 amide bonds. The van der Waals surface area contributed by atoms with Crippen LogP contribution in [0.4, 0.5) is 0 Å². The minimum Gasteiger partial charge on any atom is -0.444 e. The topological polar surface area (TPSA) is 47.3 Å².